The van der Waals surface area contributed by atoms with Crippen LogP contribution in [0.15, 0.2) is 18.2 Å². The highest BCUT2D eigenvalue weighted by Gasteiger charge is 2.16. The van der Waals surface area contributed by atoms with Gasteiger partial charge in [-0.1, -0.05) is 19.1 Å². The SMILES string of the molecule is CCc1cc(C2CSCCN2)ccc1OC. The Morgan fingerprint density at radius 1 is 1.50 bits per heavy atom. The molecule has 0 bridgehead atoms. The molecule has 1 aliphatic rings. The van der Waals surface area contributed by atoms with E-state index in [9.17, 15) is 0 Å². The molecule has 1 aliphatic heterocycles. The van der Waals surface area contributed by atoms with Crippen molar-refractivity contribution >= 4 is 11.8 Å². The molecule has 88 valence electrons. The van der Waals surface area contributed by atoms with E-state index < -0.39 is 0 Å². The summed E-state index contributed by atoms with van der Waals surface area (Å²) in [6.45, 7) is 3.29. The average Bonchev–Trinajstić information content (AvgIpc) is 2.39. The van der Waals surface area contributed by atoms with Gasteiger partial charge in [0.2, 0.25) is 0 Å². The highest BCUT2D eigenvalue weighted by molar-refractivity contribution is 7.99. The van der Waals surface area contributed by atoms with Gasteiger partial charge in [-0.3, -0.25) is 0 Å². The fourth-order valence-corrected chi connectivity index (χ4v) is 3.05. The van der Waals surface area contributed by atoms with Crippen molar-refractivity contribution in [1.82, 2.24) is 5.32 Å². The molecule has 2 nitrogen and oxygen atoms in total. The quantitative estimate of drug-likeness (QED) is 0.873. The van der Waals surface area contributed by atoms with E-state index in [-0.39, 0.29) is 0 Å². The van der Waals surface area contributed by atoms with E-state index in [1.807, 2.05) is 11.8 Å². The molecule has 1 unspecified atom stereocenters. The van der Waals surface area contributed by atoms with Gasteiger partial charge in [-0.05, 0) is 23.6 Å². The van der Waals surface area contributed by atoms with Gasteiger partial charge in [0.25, 0.3) is 0 Å². The number of ether oxygens (including phenoxy) is 1. The van der Waals surface area contributed by atoms with Crippen LogP contribution in [0.4, 0.5) is 0 Å². The lowest BCUT2D eigenvalue weighted by atomic mass is 10.0. The molecular formula is C13H19NOS. The Hall–Kier alpha value is -0.670. The van der Waals surface area contributed by atoms with Gasteiger partial charge < -0.3 is 10.1 Å². The predicted octanol–water partition coefficient (Wildman–Crippen LogP) is 2.64. The molecule has 0 spiro atoms. The van der Waals surface area contributed by atoms with Crippen molar-refractivity contribution in [2.75, 3.05) is 25.2 Å². The molecule has 0 amide bonds. The molecule has 0 aliphatic carbocycles. The second kappa shape index (κ2) is 5.60. The molecule has 2 rings (SSSR count). The van der Waals surface area contributed by atoms with Crippen LogP contribution >= 0.6 is 11.8 Å². The van der Waals surface area contributed by atoms with E-state index in [1.54, 1.807) is 7.11 Å². The lowest BCUT2D eigenvalue weighted by Gasteiger charge is -2.24. The summed E-state index contributed by atoms with van der Waals surface area (Å²) in [6.07, 6.45) is 1.02. The lowest BCUT2D eigenvalue weighted by Crippen LogP contribution is -2.30. The van der Waals surface area contributed by atoms with E-state index in [0.29, 0.717) is 6.04 Å². The van der Waals surface area contributed by atoms with E-state index >= 15 is 0 Å². The smallest absolute Gasteiger partial charge is 0.122 e. The summed E-state index contributed by atoms with van der Waals surface area (Å²) in [5, 5.41) is 3.56. The Morgan fingerprint density at radius 2 is 2.38 bits per heavy atom. The van der Waals surface area contributed by atoms with E-state index in [2.05, 4.69) is 30.4 Å². The maximum absolute atomic E-state index is 5.35. The average molecular weight is 237 g/mol. The topological polar surface area (TPSA) is 21.3 Å². The van der Waals surface area contributed by atoms with Gasteiger partial charge in [-0.15, -0.1) is 0 Å². The zero-order valence-corrected chi connectivity index (χ0v) is 10.8. The van der Waals surface area contributed by atoms with Crippen molar-refractivity contribution in [3.8, 4) is 5.75 Å². The van der Waals surface area contributed by atoms with E-state index in [1.165, 1.54) is 22.6 Å². The number of benzene rings is 1. The number of nitrogens with one attached hydrogen (secondary N) is 1. The summed E-state index contributed by atoms with van der Waals surface area (Å²) in [5.74, 6) is 3.41. The van der Waals surface area contributed by atoms with E-state index in [4.69, 9.17) is 4.74 Å². The fourth-order valence-electron chi connectivity index (χ4n) is 2.07. The Balaban J connectivity index is 2.20. The van der Waals surface area contributed by atoms with Gasteiger partial charge in [0.1, 0.15) is 5.75 Å². The van der Waals surface area contributed by atoms with Crippen molar-refractivity contribution in [2.24, 2.45) is 0 Å². The molecule has 3 heteroatoms. The summed E-state index contributed by atoms with van der Waals surface area (Å²) < 4.78 is 5.35. The van der Waals surface area contributed by atoms with Crippen molar-refractivity contribution in [2.45, 2.75) is 19.4 Å². The van der Waals surface area contributed by atoms with Gasteiger partial charge in [0, 0.05) is 24.1 Å². The van der Waals surface area contributed by atoms with Gasteiger partial charge in [0.05, 0.1) is 7.11 Å². The maximum Gasteiger partial charge on any atom is 0.122 e. The van der Waals surface area contributed by atoms with Crippen molar-refractivity contribution in [1.29, 1.82) is 0 Å². The summed E-state index contributed by atoms with van der Waals surface area (Å²) in [4.78, 5) is 0. The molecule has 1 N–H and O–H groups in total. The third-order valence-corrected chi connectivity index (χ3v) is 4.07. The predicted molar refractivity (Wildman–Crippen MR) is 70.4 cm³/mol. The molecule has 1 heterocycles. The number of hydrogen-bond donors (Lipinski definition) is 1. The normalized spacial score (nSPS) is 20.8. The van der Waals surface area contributed by atoms with Crippen LogP contribution in [0.5, 0.6) is 5.75 Å². The van der Waals surface area contributed by atoms with Crippen LogP contribution in [0, 0.1) is 0 Å². The van der Waals surface area contributed by atoms with Gasteiger partial charge >= 0.3 is 0 Å². The van der Waals surface area contributed by atoms with Crippen LogP contribution in [0.1, 0.15) is 24.1 Å². The summed E-state index contributed by atoms with van der Waals surface area (Å²) in [6, 6.07) is 7.06. The fraction of sp³-hybridized carbons (Fsp3) is 0.538. The van der Waals surface area contributed by atoms with Gasteiger partial charge in [-0.25, -0.2) is 0 Å². The van der Waals surface area contributed by atoms with Crippen molar-refractivity contribution in [3.63, 3.8) is 0 Å². The summed E-state index contributed by atoms with van der Waals surface area (Å²) in [5.41, 5.74) is 2.70. The largest absolute Gasteiger partial charge is 0.496 e. The lowest BCUT2D eigenvalue weighted by molar-refractivity contribution is 0.409. The Bertz CT molecular complexity index is 348. The molecule has 0 radical (unpaired) electrons. The zero-order chi connectivity index (χ0) is 11.4. The Kier molecular flexibility index (Phi) is 4.13. The number of thioether (sulfide) groups is 1. The first-order chi connectivity index (χ1) is 7.85. The first kappa shape index (κ1) is 11.8. The van der Waals surface area contributed by atoms with Crippen molar-refractivity contribution < 1.29 is 4.74 Å². The number of hydrogen-bond acceptors (Lipinski definition) is 3. The second-order valence-corrected chi connectivity index (χ2v) is 5.16. The number of aryl methyl sites for hydroxylation is 1. The number of rotatable bonds is 3. The highest BCUT2D eigenvalue weighted by atomic mass is 32.2. The molecule has 0 aromatic heterocycles. The number of methoxy groups -OCH3 is 1. The summed E-state index contributed by atoms with van der Waals surface area (Å²) in [7, 11) is 1.74. The maximum atomic E-state index is 5.35. The third-order valence-electron chi connectivity index (χ3n) is 3.01. The van der Waals surface area contributed by atoms with Crippen LogP contribution in [-0.4, -0.2) is 25.2 Å². The van der Waals surface area contributed by atoms with Crippen LogP contribution in [-0.2, 0) is 6.42 Å². The van der Waals surface area contributed by atoms with Crippen LogP contribution in [0.25, 0.3) is 0 Å². The zero-order valence-electron chi connectivity index (χ0n) is 9.95. The van der Waals surface area contributed by atoms with Crippen molar-refractivity contribution in [3.05, 3.63) is 29.3 Å². The Morgan fingerprint density at radius 3 is 3.00 bits per heavy atom. The molecule has 1 aromatic carbocycles. The van der Waals surface area contributed by atoms with Crippen LogP contribution in [0.2, 0.25) is 0 Å². The molecule has 1 atom stereocenters. The first-order valence-corrected chi connectivity index (χ1v) is 6.98. The minimum atomic E-state index is 0.509. The van der Waals surface area contributed by atoms with Crippen LogP contribution < -0.4 is 10.1 Å². The van der Waals surface area contributed by atoms with Crippen LogP contribution in [0.3, 0.4) is 0 Å². The van der Waals surface area contributed by atoms with E-state index in [0.717, 1.165) is 18.7 Å². The highest BCUT2D eigenvalue weighted by Crippen LogP contribution is 2.27. The molecule has 1 aromatic rings. The molecule has 0 saturated carbocycles. The van der Waals surface area contributed by atoms with Gasteiger partial charge in [-0.2, -0.15) is 11.8 Å². The summed E-state index contributed by atoms with van der Waals surface area (Å²) >= 11 is 2.03. The molecular weight excluding hydrogens is 218 g/mol. The monoisotopic (exact) mass is 237 g/mol. The minimum Gasteiger partial charge on any atom is -0.496 e. The third kappa shape index (κ3) is 2.53. The minimum absolute atomic E-state index is 0.509. The standard InChI is InChI=1S/C13H19NOS/c1-3-10-8-11(4-5-13(10)15-2)12-9-16-7-6-14-12/h4-5,8,12,14H,3,6-7,9H2,1-2H3. The molecule has 1 fully saturated rings. The van der Waals surface area contributed by atoms with Gasteiger partial charge in [0.15, 0.2) is 0 Å². The second-order valence-electron chi connectivity index (χ2n) is 4.01. The Labute approximate surface area is 102 Å². The molecule has 1 saturated heterocycles. The first-order valence-electron chi connectivity index (χ1n) is 5.83. The molecule has 16 heavy (non-hydrogen) atoms.